The van der Waals surface area contributed by atoms with Crippen molar-refractivity contribution in [1.29, 1.82) is 0 Å². The number of amides is 1. The molecule has 1 aromatic carbocycles. The number of aromatic amines is 1. The molecule has 0 aliphatic carbocycles. The van der Waals surface area contributed by atoms with E-state index in [9.17, 15) is 9.59 Å². The van der Waals surface area contributed by atoms with Crippen molar-refractivity contribution in [2.45, 2.75) is 26.7 Å². The van der Waals surface area contributed by atoms with Crippen LogP contribution in [0.1, 0.15) is 23.9 Å². The van der Waals surface area contributed by atoms with Crippen molar-refractivity contribution in [3.8, 4) is 5.95 Å². The highest BCUT2D eigenvalue weighted by Crippen LogP contribution is 2.14. The summed E-state index contributed by atoms with van der Waals surface area (Å²) in [7, 11) is 0. The molecule has 2 heterocycles. The molecule has 25 heavy (non-hydrogen) atoms. The monoisotopic (exact) mass is 337 g/mol. The number of H-pyrrole nitrogens is 1. The van der Waals surface area contributed by atoms with Gasteiger partial charge in [0.2, 0.25) is 11.9 Å². The smallest absolute Gasteiger partial charge is 0.252 e. The first-order valence-electron chi connectivity index (χ1n) is 8.06. The summed E-state index contributed by atoms with van der Waals surface area (Å²) < 4.78 is 1.44. The van der Waals surface area contributed by atoms with Crippen molar-refractivity contribution < 1.29 is 4.79 Å². The Kier molecular flexibility index (Phi) is 4.74. The van der Waals surface area contributed by atoms with E-state index in [0.29, 0.717) is 23.6 Å². The maximum atomic E-state index is 12.3. The van der Waals surface area contributed by atoms with Crippen molar-refractivity contribution in [3.63, 3.8) is 0 Å². The number of nitrogens with zero attached hydrogens (tertiary/aromatic N) is 3. The molecule has 2 N–H and O–H groups in total. The summed E-state index contributed by atoms with van der Waals surface area (Å²) in [4.78, 5) is 31.2. The maximum absolute atomic E-state index is 12.3. The summed E-state index contributed by atoms with van der Waals surface area (Å²) >= 11 is 0. The van der Waals surface area contributed by atoms with E-state index in [1.165, 1.54) is 10.7 Å². The lowest BCUT2D eigenvalue weighted by atomic mass is 10.1. The van der Waals surface area contributed by atoms with Gasteiger partial charge in [0.25, 0.3) is 5.56 Å². The fraction of sp³-hybridized carbons (Fsp3) is 0.222. The van der Waals surface area contributed by atoms with Gasteiger partial charge in [-0.2, -0.15) is 9.78 Å². The van der Waals surface area contributed by atoms with Crippen LogP contribution in [0.15, 0.2) is 47.3 Å². The zero-order valence-corrected chi connectivity index (χ0v) is 14.1. The number of aromatic nitrogens is 4. The van der Waals surface area contributed by atoms with Crippen LogP contribution in [-0.2, 0) is 17.6 Å². The van der Waals surface area contributed by atoms with Gasteiger partial charge in [0.1, 0.15) is 5.82 Å². The van der Waals surface area contributed by atoms with Crippen molar-refractivity contribution in [1.82, 2.24) is 19.7 Å². The molecule has 0 radical (unpaired) electrons. The van der Waals surface area contributed by atoms with Crippen molar-refractivity contribution in [3.05, 3.63) is 69.8 Å². The molecule has 2 aromatic heterocycles. The van der Waals surface area contributed by atoms with Crippen molar-refractivity contribution >= 4 is 11.7 Å². The zero-order valence-electron chi connectivity index (χ0n) is 14.1. The van der Waals surface area contributed by atoms with Gasteiger partial charge >= 0.3 is 0 Å². The summed E-state index contributed by atoms with van der Waals surface area (Å²) in [5.41, 5.74) is 2.03. The Morgan fingerprint density at radius 2 is 2.00 bits per heavy atom. The first-order valence-corrected chi connectivity index (χ1v) is 8.06. The van der Waals surface area contributed by atoms with Crippen molar-refractivity contribution in [2.75, 3.05) is 5.32 Å². The van der Waals surface area contributed by atoms with Gasteiger partial charge in [-0.05, 0) is 18.9 Å². The highest BCUT2D eigenvalue weighted by atomic mass is 16.1. The average molecular weight is 337 g/mol. The van der Waals surface area contributed by atoms with E-state index in [0.717, 1.165) is 5.56 Å². The zero-order chi connectivity index (χ0) is 17.8. The molecule has 0 bridgehead atoms. The highest BCUT2D eigenvalue weighted by Gasteiger charge is 2.13. The Bertz CT molecular complexity index is 944. The minimum Gasteiger partial charge on any atom is -0.310 e. The number of carbonyl (C=O) groups is 1. The van der Waals surface area contributed by atoms with E-state index in [2.05, 4.69) is 20.4 Å². The lowest BCUT2D eigenvalue weighted by molar-refractivity contribution is -0.115. The number of carbonyl (C=O) groups excluding carboxylic acids is 1. The van der Waals surface area contributed by atoms with Gasteiger partial charge in [-0.3, -0.25) is 14.6 Å². The largest absolute Gasteiger partial charge is 0.310 e. The molecule has 0 saturated heterocycles. The number of aryl methyl sites for hydroxylation is 2. The molecule has 0 spiro atoms. The van der Waals surface area contributed by atoms with E-state index in [1.54, 1.807) is 6.07 Å². The summed E-state index contributed by atoms with van der Waals surface area (Å²) in [6.45, 7) is 3.73. The van der Waals surface area contributed by atoms with Gasteiger partial charge < -0.3 is 5.32 Å². The molecule has 128 valence electrons. The van der Waals surface area contributed by atoms with E-state index in [4.69, 9.17) is 0 Å². The molecular formula is C18H19N5O2. The fourth-order valence-corrected chi connectivity index (χ4v) is 2.49. The third-order valence-corrected chi connectivity index (χ3v) is 3.65. The molecule has 0 aliphatic heterocycles. The van der Waals surface area contributed by atoms with Crippen LogP contribution >= 0.6 is 0 Å². The summed E-state index contributed by atoms with van der Waals surface area (Å²) in [6.07, 6.45) is 0.886. The SMILES string of the molecule is CCc1cc(=O)[nH]c(-n2nc(C)cc2NC(=O)Cc2ccccc2)n1. The van der Waals surface area contributed by atoms with Gasteiger partial charge in [-0.15, -0.1) is 0 Å². The first kappa shape index (κ1) is 16.6. The summed E-state index contributed by atoms with van der Waals surface area (Å²) in [5.74, 6) is 0.587. The predicted molar refractivity (Wildman–Crippen MR) is 94.9 cm³/mol. The van der Waals surface area contributed by atoms with Crippen molar-refractivity contribution in [2.24, 2.45) is 0 Å². The van der Waals surface area contributed by atoms with Crippen LogP contribution < -0.4 is 10.9 Å². The number of rotatable bonds is 5. The van der Waals surface area contributed by atoms with Crippen LogP contribution in [0.3, 0.4) is 0 Å². The number of hydrogen-bond acceptors (Lipinski definition) is 4. The van der Waals surface area contributed by atoms with Crippen LogP contribution in [0.5, 0.6) is 0 Å². The molecule has 3 rings (SSSR count). The Labute approximate surface area is 144 Å². The number of nitrogens with one attached hydrogen (secondary N) is 2. The minimum absolute atomic E-state index is 0.165. The topological polar surface area (TPSA) is 92.7 Å². The number of hydrogen-bond donors (Lipinski definition) is 2. The van der Waals surface area contributed by atoms with Crippen LogP contribution in [0.25, 0.3) is 5.95 Å². The Morgan fingerprint density at radius 1 is 1.24 bits per heavy atom. The second-order valence-corrected chi connectivity index (χ2v) is 5.71. The van der Waals surface area contributed by atoms with Crippen LogP contribution in [-0.4, -0.2) is 25.7 Å². The fourth-order valence-electron chi connectivity index (χ4n) is 2.49. The molecular weight excluding hydrogens is 318 g/mol. The third-order valence-electron chi connectivity index (χ3n) is 3.65. The van der Waals surface area contributed by atoms with Gasteiger partial charge in [0.05, 0.1) is 12.1 Å². The minimum atomic E-state index is -0.253. The molecule has 3 aromatic rings. The highest BCUT2D eigenvalue weighted by molar-refractivity contribution is 5.91. The molecule has 7 heteroatoms. The molecule has 0 fully saturated rings. The van der Waals surface area contributed by atoms with Gasteiger partial charge in [-0.1, -0.05) is 37.3 Å². The standard InChI is InChI=1S/C18H19N5O2/c1-3-14-11-17(25)21-18(19-14)23-15(9-12(2)22-23)20-16(24)10-13-7-5-4-6-8-13/h4-9,11H,3,10H2,1-2H3,(H,20,24)(H,19,21,25). The summed E-state index contributed by atoms with van der Waals surface area (Å²) in [6, 6.07) is 12.7. The number of anilines is 1. The molecule has 0 aliphatic rings. The Hall–Kier alpha value is -3.22. The van der Waals surface area contributed by atoms with Gasteiger partial charge in [0, 0.05) is 17.8 Å². The molecule has 7 nitrogen and oxygen atoms in total. The van der Waals surface area contributed by atoms with Crippen LogP contribution in [0.2, 0.25) is 0 Å². The van der Waals surface area contributed by atoms with Gasteiger partial charge in [0.15, 0.2) is 0 Å². The van der Waals surface area contributed by atoms with Crippen LogP contribution in [0, 0.1) is 6.92 Å². The maximum Gasteiger partial charge on any atom is 0.252 e. The van der Waals surface area contributed by atoms with Crippen LogP contribution in [0.4, 0.5) is 5.82 Å². The molecule has 0 atom stereocenters. The van der Waals surface area contributed by atoms with E-state index < -0.39 is 0 Å². The predicted octanol–water partition coefficient (Wildman–Crippen LogP) is 2.01. The van der Waals surface area contributed by atoms with E-state index in [1.807, 2.05) is 44.2 Å². The second kappa shape index (κ2) is 7.12. The lowest BCUT2D eigenvalue weighted by Gasteiger charge is -2.09. The lowest BCUT2D eigenvalue weighted by Crippen LogP contribution is -2.20. The first-order chi connectivity index (χ1) is 12.0. The summed E-state index contributed by atoms with van der Waals surface area (Å²) in [5, 5.41) is 7.16. The quantitative estimate of drug-likeness (QED) is 0.745. The number of benzene rings is 1. The normalized spacial score (nSPS) is 10.6. The average Bonchev–Trinajstić information content (AvgIpc) is 2.95. The second-order valence-electron chi connectivity index (χ2n) is 5.71. The van der Waals surface area contributed by atoms with E-state index >= 15 is 0 Å². The Balaban J connectivity index is 1.87. The molecule has 1 amide bonds. The molecule has 0 unspecified atom stereocenters. The third kappa shape index (κ3) is 4.00. The Morgan fingerprint density at radius 3 is 2.72 bits per heavy atom. The van der Waals surface area contributed by atoms with Gasteiger partial charge in [-0.25, -0.2) is 4.98 Å². The molecule has 0 saturated carbocycles. The van der Waals surface area contributed by atoms with E-state index in [-0.39, 0.29) is 23.8 Å².